The lowest BCUT2D eigenvalue weighted by molar-refractivity contribution is -0.291. The lowest BCUT2D eigenvalue weighted by Gasteiger charge is -2.26. The highest BCUT2D eigenvalue weighted by Crippen LogP contribution is 2.43. The average molecular weight is 279 g/mol. The second kappa shape index (κ2) is 4.38. The maximum absolute atomic E-state index is 12.8. The topological polar surface area (TPSA) is 26.0 Å². The number of hydrogen-bond acceptors (Lipinski definition) is 1. The molecule has 102 valence electrons. The highest BCUT2D eigenvalue weighted by Gasteiger charge is 2.61. The number of halogens is 8. The fraction of sp³-hybridized carbons (Fsp3) is 0.333. The minimum atomic E-state index is -5.99. The van der Waals surface area contributed by atoms with E-state index in [4.69, 9.17) is 0 Å². The number of nitrogens with two attached hydrogens (primary N) is 1. The molecule has 0 radical (unpaired) electrons. The summed E-state index contributed by atoms with van der Waals surface area (Å²) in [6, 6.07) is -3.06. The highest BCUT2D eigenvalue weighted by atomic mass is 19.4. The van der Waals surface area contributed by atoms with Gasteiger partial charge in [0, 0.05) is 0 Å². The molecule has 0 aliphatic carbocycles. The Morgan fingerprint density at radius 3 is 1.61 bits per heavy atom. The van der Waals surface area contributed by atoms with E-state index in [0.29, 0.717) is 0 Å². The van der Waals surface area contributed by atoms with Crippen molar-refractivity contribution in [2.45, 2.75) is 18.1 Å². The van der Waals surface area contributed by atoms with Gasteiger partial charge in [0.1, 0.15) is 6.04 Å². The van der Waals surface area contributed by atoms with Crippen LogP contribution >= 0.6 is 0 Å². The van der Waals surface area contributed by atoms with Crippen LogP contribution in [0.4, 0.5) is 35.1 Å². The van der Waals surface area contributed by atoms with Gasteiger partial charge < -0.3 is 5.73 Å². The summed E-state index contributed by atoms with van der Waals surface area (Å²) in [5.74, 6) is -11.2. The minimum Gasteiger partial charge on any atom is -0.319 e. The van der Waals surface area contributed by atoms with Gasteiger partial charge in [0.2, 0.25) is 0 Å². The van der Waals surface area contributed by atoms with Crippen molar-refractivity contribution < 1.29 is 35.1 Å². The second-order valence-corrected chi connectivity index (χ2v) is 3.40. The Kier molecular flexibility index (Phi) is 3.57. The Bertz CT molecular complexity index is 429. The zero-order chi connectivity index (χ0) is 14.3. The smallest absolute Gasteiger partial charge is 0.319 e. The molecule has 0 spiro atoms. The van der Waals surface area contributed by atoms with Gasteiger partial charge in [-0.2, -0.15) is 22.0 Å². The first-order valence-corrected chi connectivity index (χ1v) is 4.33. The van der Waals surface area contributed by atoms with Crippen molar-refractivity contribution in [1.29, 1.82) is 0 Å². The first-order valence-electron chi connectivity index (χ1n) is 4.33. The van der Waals surface area contributed by atoms with E-state index >= 15 is 0 Å². The molecule has 0 aliphatic rings. The van der Waals surface area contributed by atoms with E-state index in [1.807, 2.05) is 0 Å². The Labute approximate surface area is 95.2 Å². The molecule has 1 nitrogen and oxygen atoms in total. The van der Waals surface area contributed by atoms with Crippen LogP contribution in [0, 0.1) is 17.5 Å². The summed E-state index contributed by atoms with van der Waals surface area (Å²) in [6.45, 7) is 0. The van der Waals surface area contributed by atoms with Crippen molar-refractivity contribution in [2.75, 3.05) is 0 Å². The van der Waals surface area contributed by atoms with E-state index in [0.717, 1.165) is 0 Å². The number of rotatable bonds is 2. The van der Waals surface area contributed by atoms with Crippen molar-refractivity contribution in [3.05, 3.63) is 35.1 Å². The maximum Gasteiger partial charge on any atom is 0.455 e. The summed E-state index contributed by atoms with van der Waals surface area (Å²) in [5, 5.41) is 0. The van der Waals surface area contributed by atoms with E-state index in [-0.39, 0.29) is 12.1 Å². The summed E-state index contributed by atoms with van der Waals surface area (Å²) in [7, 11) is 0. The van der Waals surface area contributed by atoms with Crippen LogP contribution in [-0.2, 0) is 0 Å². The molecule has 18 heavy (non-hydrogen) atoms. The normalized spacial score (nSPS) is 14.7. The van der Waals surface area contributed by atoms with Gasteiger partial charge >= 0.3 is 12.1 Å². The van der Waals surface area contributed by atoms with E-state index in [1.165, 1.54) is 0 Å². The quantitative estimate of drug-likeness (QED) is 0.652. The van der Waals surface area contributed by atoms with Gasteiger partial charge in [-0.15, -0.1) is 0 Å². The summed E-state index contributed by atoms with van der Waals surface area (Å²) in [5.41, 5.74) is 3.42. The maximum atomic E-state index is 12.8. The predicted molar refractivity (Wildman–Crippen MR) is 44.2 cm³/mol. The van der Waals surface area contributed by atoms with Crippen LogP contribution in [0.3, 0.4) is 0 Å². The SMILES string of the molecule is N[C@H](c1cc(F)c(F)c(F)c1)C(F)(F)C(F)(F)F. The molecule has 0 amide bonds. The minimum absolute atomic E-state index is 0.0112. The Morgan fingerprint density at radius 1 is 0.889 bits per heavy atom. The molecular weight excluding hydrogens is 274 g/mol. The van der Waals surface area contributed by atoms with Crippen LogP contribution in [0.15, 0.2) is 12.1 Å². The summed E-state index contributed by atoms with van der Waals surface area (Å²) in [6.07, 6.45) is -5.99. The first kappa shape index (κ1) is 14.7. The molecule has 0 aliphatic heterocycles. The van der Waals surface area contributed by atoms with Crippen molar-refractivity contribution in [1.82, 2.24) is 0 Å². The second-order valence-electron chi connectivity index (χ2n) is 3.40. The van der Waals surface area contributed by atoms with Crippen LogP contribution in [0.1, 0.15) is 11.6 Å². The van der Waals surface area contributed by atoms with Crippen LogP contribution in [0.5, 0.6) is 0 Å². The van der Waals surface area contributed by atoms with Gasteiger partial charge in [0.25, 0.3) is 0 Å². The van der Waals surface area contributed by atoms with Gasteiger partial charge in [0.05, 0.1) is 0 Å². The fourth-order valence-electron chi connectivity index (χ4n) is 1.14. The Balaban J connectivity index is 3.24. The van der Waals surface area contributed by atoms with Crippen LogP contribution in [-0.4, -0.2) is 12.1 Å². The molecule has 1 aromatic rings. The van der Waals surface area contributed by atoms with Gasteiger partial charge in [0.15, 0.2) is 17.5 Å². The van der Waals surface area contributed by atoms with Gasteiger partial charge in [-0.25, -0.2) is 13.2 Å². The lowest BCUT2D eigenvalue weighted by atomic mass is 10.0. The number of alkyl halides is 5. The molecule has 0 aromatic heterocycles. The van der Waals surface area contributed by atoms with Crippen molar-refractivity contribution in [3.8, 4) is 0 Å². The highest BCUT2D eigenvalue weighted by molar-refractivity contribution is 5.24. The molecule has 2 N–H and O–H groups in total. The lowest BCUT2D eigenvalue weighted by Crippen LogP contribution is -2.45. The molecule has 0 fully saturated rings. The molecule has 0 bridgehead atoms. The molecule has 0 heterocycles. The van der Waals surface area contributed by atoms with Gasteiger partial charge in [-0.05, 0) is 17.7 Å². The summed E-state index contributed by atoms with van der Waals surface area (Å²) in [4.78, 5) is 0. The average Bonchev–Trinajstić information content (AvgIpc) is 2.22. The molecule has 1 atom stereocenters. The monoisotopic (exact) mass is 279 g/mol. The molecule has 1 aromatic carbocycles. The van der Waals surface area contributed by atoms with Crippen molar-refractivity contribution >= 4 is 0 Å². The summed E-state index contributed by atoms with van der Waals surface area (Å²) >= 11 is 0. The Hall–Kier alpha value is -1.38. The zero-order valence-electron chi connectivity index (χ0n) is 8.33. The van der Waals surface area contributed by atoms with E-state index < -0.39 is 41.2 Å². The van der Waals surface area contributed by atoms with E-state index in [9.17, 15) is 35.1 Å². The molecule has 1 rings (SSSR count). The number of benzene rings is 1. The van der Waals surface area contributed by atoms with Crippen LogP contribution in [0.25, 0.3) is 0 Å². The molecular formula is C9H5F8N. The fourth-order valence-corrected chi connectivity index (χ4v) is 1.14. The third-order valence-corrected chi connectivity index (χ3v) is 2.13. The third kappa shape index (κ3) is 2.40. The van der Waals surface area contributed by atoms with Crippen LogP contribution in [0.2, 0.25) is 0 Å². The van der Waals surface area contributed by atoms with Crippen molar-refractivity contribution in [3.63, 3.8) is 0 Å². The van der Waals surface area contributed by atoms with Crippen molar-refractivity contribution in [2.24, 2.45) is 5.73 Å². The van der Waals surface area contributed by atoms with Gasteiger partial charge in [-0.1, -0.05) is 0 Å². The Morgan fingerprint density at radius 2 is 1.28 bits per heavy atom. The molecule has 0 saturated heterocycles. The zero-order valence-corrected chi connectivity index (χ0v) is 8.33. The van der Waals surface area contributed by atoms with E-state index in [2.05, 4.69) is 5.73 Å². The van der Waals surface area contributed by atoms with Crippen LogP contribution < -0.4 is 5.73 Å². The van der Waals surface area contributed by atoms with Gasteiger partial charge in [-0.3, -0.25) is 0 Å². The largest absolute Gasteiger partial charge is 0.455 e. The molecule has 0 unspecified atom stereocenters. The summed E-state index contributed by atoms with van der Waals surface area (Å²) < 4.78 is 99.3. The molecule has 0 saturated carbocycles. The standard InChI is InChI=1S/C9H5F8N/c10-4-1-3(2-5(11)6(4)12)7(18)8(13,14)9(15,16)17/h1-2,7H,18H2/t7-/m1/s1. The first-order chi connectivity index (χ1) is 7.98. The van der Waals surface area contributed by atoms with E-state index in [1.54, 1.807) is 0 Å². The number of hydrogen-bond donors (Lipinski definition) is 1. The third-order valence-electron chi connectivity index (χ3n) is 2.13. The predicted octanol–water partition coefficient (Wildman–Crippen LogP) is 3.30. The molecule has 9 heteroatoms.